The van der Waals surface area contributed by atoms with Crippen LogP contribution in [0.3, 0.4) is 0 Å². The highest BCUT2D eigenvalue weighted by Gasteiger charge is 2.27. The fourth-order valence-electron chi connectivity index (χ4n) is 1.19. The summed E-state index contributed by atoms with van der Waals surface area (Å²) in [5.74, 6) is -1.31. The second-order valence-electron chi connectivity index (χ2n) is 2.87. The molecule has 0 N–H and O–H groups in total. The van der Waals surface area contributed by atoms with Crippen LogP contribution in [0.25, 0.3) is 0 Å². The normalized spacial score (nSPS) is 12.8. The Kier molecular flexibility index (Phi) is 3.50. The highest BCUT2D eigenvalue weighted by atomic mass is 19.3. The highest BCUT2D eigenvalue weighted by Crippen LogP contribution is 2.22. The number of hydrogen-bond acceptors (Lipinski definition) is 2. The second-order valence-corrected chi connectivity index (χ2v) is 2.87. The minimum absolute atomic E-state index is 0.305. The number of hydrogen-bond donors (Lipinski definition) is 0. The van der Waals surface area contributed by atoms with Crippen molar-refractivity contribution in [3.8, 4) is 0 Å². The molecule has 0 aliphatic carbocycles. The van der Waals surface area contributed by atoms with Gasteiger partial charge in [-0.25, -0.2) is 8.78 Å². The summed E-state index contributed by atoms with van der Waals surface area (Å²) in [6, 6.07) is 7.80. The Bertz CT molecular complexity index is 303. The first-order valence-electron chi connectivity index (χ1n) is 4.06. The average molecular weight is 201 g/mol. The fourth-order valence-corrected chi connectivity index (χ4v) is 1.19. The lowest BCUT2D eigenvalue weighted by molar-refractivity contribution is -0.485. The molecule has 0 aliphatic rings. The second kappa shape index (κ2) is 4.64. The van der Waals surface area contributed by atoms with Gasteiger partial charge in [-0.05, 0) is 5.56 Å². The molecular formula is C9H9F2NO2. The van der Waals surface area contributed by atoms with Crippen LogP contribution in [0.5, 0.6) is 0 Å². The number of halogens is 2. The van der Waals surface area contributed by atoms with Crippen molar-refractivity contribution in [1.82, 2.24) is 0 Å². The predicted molar refractivity (Wildman–Crippen MR) is 47.0 cm³/mol. The largest absolute Gasteiger partial charge is 0.265 e. The zero-order chi connectivity index (χ0) is 10.6. The molecule has 1 atom stereocenters. The Morgan fingerprint density at radius 2 is 1.86 bits per heavy atom. The first-order chi connectivity index (χ1) is 6.61. The zero-order valence-electron chi connectivity index (χ0n) is 7.27. The van der Waals surface area contributed by atoms with Gasteiger partial charge in [0.05, 0.1) is 0 Å². The maximum Gasteiger partial charge on any atom is 0.251 e. The smallest absolute Gasteiger partial charge is 0.251 e. The molecule has 76 valence electrons. The third-order valence-electron chi connectivity index (χ3n) is 1.88. The molecule has 0 heterocycles. The van der Waals surface area contributed by atoms with Gasteiger partial charge in [0.1, 0.15) is 5.92 Å². The van der Waals surface area contributed by atoms with Crippen molar-refractivity contribution in [1.29, 1.82) is 0 Å². The summed E-state index contributed by atoms with van der Waals surface area (Å²) in [5, 5.41) is 10.2. The summed E-state index contributed by atoms with van der Waals surface area (Å²) in [7, 11) is 0. The van der Waals surface area contributed by atoms with E-state index < -0.39 is 23.8 Å². The molecule has 1 unspecified atom stereocenters. The van der Waals surface area contributed by atoms with Crippen molar-refractivity contribution in [3.05, 3.63) is 46.0 Å². The van der Waals surface area contributed by atoms with Gasteiger partial charge in [-0.1, -0.05) is 30.3 Å². The Balaban J connectivity index is 2.83. The van der Waals surface area contributed by atoms with E-state index in [2.05, 4.69) is 0 Å². The van der Waals surface area contributed by atoms with Gasteiger partial charge in [0.2, 0.25) is 6.54 Å². The van der Waals surface area contributed by atoms with Crippen LogP contribution in [0.15, 0.2) is 30.3 Å². The predicted octanol–water partition coefficient (Wildman–Crippen LogP) is 2.31. The van der Waals surface area contributed by atoms with E-state index in [9.17, 15) is 18.9 Å². The van der Waals surface area contributed by atoms with Crippen LogP contribution in [0.2, 0.25) is 0 Å². The Morgan fingerprint density at radius 1 is 1.29 bits per heavy atom. The number of benzene rings is 1. The lowest BCUT2D eigenvalue weighted by Crippen LogP contribution is -2.19. The fraction of sp³-hybridized carbons (Fsp3) is 0.333. The third-order valence-corrected chi connectivity index (χ3v) is 1.88. The molecule has 3 nitrogen and oxygen atoms in total. The van der Waals surface area contributed by atoms with Crippen LogP contribution in [-0.2, 0) is 0 Å². The maximum atomic E-state index is 12.4. The van der Waals surface area contributed by atoms with E-state index in [0.717, 1.165) is 0 Å². The van der Waals surface area contributed by atoms with Crippen LogP contribution in [0.4, 0.5) is 8.78 Å². The molecular weight excluding hydrogens is 192 g/mol. The van der Waals surface area contributed by atoms with Crippen LogP contribution in [0.1, 0.15) is 11.5 Å². The molecule has 0 fully saturated rings. The molecule has 0 radical (unpaired) electrons. The third kappa shape index (κ3) is 2.76. The number of nitro groups is 1. The summed E-state index contributed by atoms with van der Waals surface area (Å²) in [6.45, 7) is -0.734. The van der Waals surface area contributed by atoms with Gasteiger partial charge < -0.3 is 0 Å². The first-order valence-corrected chi connectivity index (χ1v) is 4.06. The van der Waals surface area contributed by atoms with Gasteiger partial charge in [-0.2, -0.15) is 0 Å². The summed E-state index contributed by atoms with van der Waals surface area (Å²) in [4.78, 5) is 9.44. The number of alkyl halides is 2. The molecule has 0 saturated heterocycles. The Labute approximate surface area is 79.5 Å². The minimum Gasteiger partial charge on any atom is -0.265 e. The molecule has 0 saturated carbocycles. The van der Waals surface area contributed by atoms with Crippen molar-refractivity contribution < 1.29 is 13.7 Å². The first kappa shape index (κ1) is 10.6. The van der Waals surface area contributed by atoms with E-state index in [4.69, 9.17) is 0 Å². The van der Waals surface area contributed by atoms with Gasteiger partial charge in [0, 0.05) is 4.92 Å². The van der Waals surface area contributed by atoms with Gasteiger partial charge in [-0.3, -0.25) is 10.1 Å². The lowest BCUT2D eigenvalue weighted by Gasteiger charge is -2.11. The van der Waals surface area contributed by atoms with Gasteiger partial charge in [0.25, 0.3) is 6.43 Å². The van der Waals surface area contributed by atoms with E-state index in [0.29, 0.717) is 5.56 Å². The van der Waals surface area contributed by atoms with Gasteiger partial charge in [-0.15, -0.1) is 0 Å². The van der Waals surface area contributed by atoms with Crippen LogP contribution < -0.4 is 0 Å². The van der Waals surface area contributed by atoms with Crippen molar-refractivity contribution in [2.75, 3.05) is 6.54 Å². The Morgan fingerprint density at radius 3 is 2.29 bits per heavy atom. The minimum atomic E-state index is -2.71. The van der Waals surface area contributed by atoms with Crippen molar-refractivity contribution in [3.63, 3.8) is 0 Å². The maximum absolute atomic E-state index is 12.4. The molecule has 0 aliphatic heterocycles. The molecule has 0 amide bonds. The highest BCUT2D eigenvalue weighted by molar-refractivity contribution is 5.20. The van der Waals surface area contributed by atoms with E-state index >= 15 is 0 Å². The van der Waals surface area contributed by atoms with E-state index in [1.165, 1.54) is 12.1 Å². The quantitative estimate of drug-likeness (QED) is 0.554. The lowest BCUT2D eigenvalue weighted by atomic mass is 10.00. The van der Waals surface area contributed by atoms with Crippen molar-refractivity contribution in [2.24, 2.45) is 0 Å². The topological polar surface area (TPSA) is 43.1 Å². The summed E-state index contributed by atoms with van der Waals surface area (Å²) >= 11 is 0. The SMILES string of the molecule is O=[N+]([O-])CC(c1ccccc1)C(F)F. The molecule has 1 aromatic rings. The number of nitrogens with zero attached hydrogens (tertiary/aromatic N) is 1. The monoisotopic (exact) mass is 201 g/mol. The molecule has 1 rings (SSSR count). The molecule has 0 spiro atoms. The van der Waals surface area contributed by atoms with Crippen molar-refractivity contribution >= 4 is 0 Å². The average Bonchev–Trinajstić information content (AvgIpc) is 2.15. The van der Waals surface area contributed by atoms with E-state index in [1.54, 1.807) is 18.2 Å². The van der Waals surface area contributed by atoms with Gasteiger partial charge >= 0.3 is 0 Å². The molecule has 0 aromatic heterocycles. The van der Waals surface area contributed by atoms with Crippen LogP contribution >= 0.6 is 0 Å². The summed E-state index contributed by atoms with van der Waals surface area (Å²) in [5.41, 5.74) is 0.305. The van der Waals surface area contributed by atoms with E-state index in [1.807, 2.05) is 0 Å². The zero-order valence-corrected chi connectivity index (χ0v) is 7.27. The molecule has 14 heavy (non-hydrogen) atoms. The summed E-state index contributed by atoms with van der Waals surface area (Å²) < 4.78 is 24.9. The molecule has 1 aromatic carbocycles. The van der Waals surface area contributed by atoms with Gasteiger partial charge in [0.15, 0.2) is 0 Å². The van der Waals surface area contributed by atoms with Crippen LogP contribution in [0, 0.1) is 10.1 Å². The van der Waals surface area contributed by atoms with Crippen LogP contribution in [-0.4, -0.2) is 17.9 Å². The standard InChI is InChI=1S/C9H9F2NO2/c10-9(11)8(6-12(13)14)7-4-2-1-3-5-7/h1-5,8-9H,6H2. The number of rotatable bonds is 4. The van der Waals surface area contributed by atoms with E-state index in [-0.39, 0.29) is 0 Å². The Hall–Kier alpha value is -1.52. The molecule has 5 heteroatoms. The molecule has 0 bridgehead atoms. The van der Waals surface area contributed by atoms with Crippen molar-refractivity contribution in [2.45, 2.75) is 12.3 Å². The summed E-state index contributed by atoms with van der Waals surface area (Å²) in [6.07, 6.45) is -2.71.